The van der Waals surface area contributed by atoms with E-state index in [4.69, 9.17) is 9.47 Å². The average molecular weight is 298 g/mol. The molecule has 5 heteroatoms. The molecule has 0 spiro atoms. The Hall–Kier alpha value is -2.91. The first-order chi connectivity index (χ1) is 10.7. The average Bonchev–Trinajstić information content (AvgIpc) is 2.55. The monoisotopic (exact) mass is 298 g/mol. The van der Waals surface area contributed by atoms with Crippen molar-refractivity contribution in [1.29, 1.82) is 0 Å². The molecule has 1 atom stereocenters. The fraction of sp³-hybridized carbons (Fsp3) is 0.176. The van der Waals surface area contributed by atoms with Gasteiger partial charge in [0.2, 0.25) is 0 Å². The van der Waals surface area contributed by atoms with Gasteiger partial charge in [0, 0.05) is 0 Å². The number of ether oxygens (including phenoxy) is 2. The number of rotatable bonds is 4. The molecule has 1 aromatic carbocycles. The van der Waals surface area contributed by atoms with Gasteiger partial charge in [0.25, 0.3) is 0 Å². The maximum absolute atomic E-state index is 12.2. The lowest BCUT2D eigenvalue weighted by Crippen LogP contribution is -2.22. The molecule has 22 heavy (non-hydrogen) atoms. The van der Waals surface area contributed by atoms with Crippen molar-refractivity contribution in [1.82, 2.24) is 0 Å². The summed E-state index contributed by atoms with van der Waals surface area (Å²) < 4.78 is 10.2. The molecule has 0 saturated carbocycles. The highest BCUT2D eigenvalue weighted by Gasteiger charge is 2.25. The molecule has 1 unspecified atom stereocenters. The van der Waals surface area contributed by atoms with Crippen molar-refractivity contribution in [3.05, 3.63) is 59.7 Å². The van der Waals surface area contributed by atoms with Crippen LogP contribution in [0.1, 0.15) is 17.3 Å². The van der Waals surface area contributed by atoms with Crippen LogP contribution >= 0.6 is 0 Å². The highest BCUT2D eigenvalue weighted by molar-refractivity contribution is 5.94. The van der Waals surface area contributed by atoms with Crippen molar-refractivity contribution < 1.29 is 23.9 Å². The summed E-state index contributed by atoms with van der Waals surface area (Å²) >= 11 is 0. The Labute approximate surface area is 127 Å². The van der Waals surface area contributed by atoms with Crippen molar-refractivity contribution in [2.75, 3.05) is 6.61 Å². The van der Waals surface area contributed by atoms with Crippen LogP contribution in [-0.2, 0) is 14.3 Å². The van der Waals surface area contributed by atoms with E-state index in [2.05, 4.69) is 0 Å². The van der Waals surface area contributed by atoms with Crippen molar-refractivity contribution in [3.63, 3.8) is 0 Å². The molecule has 1 aliphatic carbocycles. The minimum atomic E-state index is -0.835. The molecule has 112 valence electrons. The number of para-hydroxylation sites is 1. The van der Waals surface area contributed by atoms with E-state index in [1.54, 1.807) is 37.1 Å². The first kappa shape index (κ1) is 15.5. The van der Waals surface area contributed by atoms with Gasteiger partial charge in [-0.15, -0.1) is 0 Å². The van der Waals surface area contributed by atoms with Crippen molar-refractivity contribution in [2.24, 2.45) is 5.92 Å². The molecule has 5 nitrogen and oxygen atoms in total. The van der Waals surface area contributed by atoms with Crippen LogP contribution in [0.3, 0.4) is 0 Å². The zero-order chi connectivity index (χ0) is 15.9. The van der Waals surface area contributed by atoms with Crippen LogP contribution in [0.2, 0.25) is 0 Å². The van der Waals surface area contributed by atoms with Crippen LogP contribution in [0, 0.1) is 5.92 Å². The maximum Gasteiger partial charge on any atom is 0.341 e. The van der Waals surface area contributed by atoms with E-state index in [1.165, 1.54) is 24.3 Å². The highest BCUT2D eigenvalue weighted by Crippen LogP contribution is 2.23. The quantitative estimate of drug-likeness (QED) is 0.484. The summed E-state index contributed by atoms with van der Waals surface area (Å²) in [5.74, 6) is -0.254. The van der Waals surface area contributed by atoms with Crippen molar-refractivity contribution in [2.45, 2.75) is 6.92 Å². The Morgan fingerprint density at radius 2 is 2.00 bits per heavy atom. The Bertz CT molecular complexity index is 693. The van der Waals surface area contributed by atoms with Crippen molar-refractivity contribution in [3.8, 4) is 5.75 Å². The van der Waals surface area contributed by atoms with Gasteiger partial charge in [0.05, 0.1) is 12.2 Å². The van der Waals surface area contributed by atoms with Gasteiger partial charge in [-0.2, -0.15) is 0 Å². The SMILES string of the molecule is CCOC(=O)c1ccccc1OC(=O)C1C=CC=CC1=C=O. The van der Waals surface area contributed by atoms with Crippen LogP contribution in [0.15, 0.2) is 54.1 Å². The Morgan fingerprint density at radius 1 is 1.23 bits per heavy atom. The number of carbonyl (C=O) groups is 2. The summed E-state index contributed by atoms with van der Waals surface area (Å²) in [6, 6.07) is 6.28. The zero-order valence-electron chi connectivity index (χ0n) is 11.9. The topological polar surface area (TPSA) is 69.7 Å². The van der Waals surface area contributed by atoms with Crippen LogP contribution in [0.4, 0.5) is 0 Å². The Balaban J connectivity index is 2.22. The fourth-order valence-corrected chi connectivity index (χ4v) is 1.95. The lowest BCUT2D eigenvalue weighted by Gasteiger charge is -2.14. The normalized spacial score (nSPS) is 16.0. The van der Waals surface area contributed by atoms with E-state index in [1.807, 2.05) is 0 Å². The van der Waals surface area contributed by atoms with Crippen LogP contribution in [-0.4, -0.2) is 24.5 Å². The molecule has 0 saturated heterocycles. The van der Waals surface area contributed by atoms with Gasteiger partial charge in [-0.1, -0.05) is 30.4 Å². The number of benzene rings is 1. The summed E-state index contributed by atoms with van der Waals surface area (Å²) in [5.41, 5.74) is 0.339. The zero-order valence-corrected chi connectivity index (χ0v) is 11.9. The van der Waals surface area contributed by atoms with E-state index in [9.17, 15) is 14.4 Å². The first-order valence-electron chi connectivity index (χ1n) is 6.75. The largest absolute Gasteiger partial charge is 0.462 e. The molecular formula is C17H14O5. The molecular weight excluding hydrogens is 284 g/mol. The van der Waals surface area contributed by atoms with Crippen LogP contribution in [0.25, 0.3) is 0 Å². The number of esters is 2. The summed E-state index contributed by atoms with van der Waals surface area (Å²) in [7, 11) is 0. The third kappa shape index (κ3) is 3.40. The molecule has 1 aliphatic rings. The number of allylic oxidation sites excluding steroid dienone is 3. The minimum absolute atomic E-state index is 0.0964. The minimum Gasteiger partial charge on any atom is -0.462 e. The molecule has 1 aromatic rings. The first-order valence-corrected chi connectivity index (χ1v) is 6.75. The fourth-order valence-electron chi connectivity index (χ4n) is 1.95. The van der Waals surface area contributed by atoms with E-state index in [0.29, 0.717) is 0 Å². The van der Waals surface area contributed by atoms with Gasteiger partial charge in [0.15, 0.2) is 0 Å². The summed E-state index contributed by atoms with van der Waals surface area (Å²) in [6.45, 7) is 1.90. The predicted octanol–water partition coefficient (Wildman–Crippen LogP) is 2.27. The Kier molecular flexibility index (Phi) is 5.07. The van der Waals surface area contributed by atoms with Gasteiger partial charge in [0.1, 0.15) is 23.2 Å². The van der Waals surface area contributed by atoms with Crippen molar-refractivity contribution >= 4 is 17.9 Å². The van der Waals surface area contributed by atoms with Gasteiger partial charge < -0.3 is 9.47 Å². The molecule has 0 aliphatic heterocycles. The molecule has 0 heterocycles. The van der Waals surface area contributed by atoms with Gasteiger partial charge in [-0.05, 0) is 25.1 Å². The van der Waals surface area contributed by atoms with Gasteiger partial charge >= 0.3 is 11.9 Å². The Morgan fingerprint density at radius 3 is 2.73 bits per heavy atom. The summed E-state index contributed by atoms with van der Waals surface area (Å²) in [6.07, 6.45) is 6.31. The third-order valence-corrected chi connectivity index (χ3v) is 2.99. The number of hydrogen-bond acceptors (Lipinski definition) is 5. The smallest absolute Gasteiger partial charge is 0.341 e. The van der Waals surface area contributed by atoms with Crippen LogP contribution < -0.4 is 4.74 Å². The second kappa shape index (κ2) is 7.20. The van der Waals surface area contributed by atoms with Gasteiger partial charge in [-0.3, -0.25) is 4.79 Å². The molecule has 2 rings (SSSR count). The van der Waals surface area contributed by atoms with E-state index in [-0.39, 0.29) is 23.5 Å². The third-order valence-electron chi connectivity index (χ3n) is 2.99. The lowest BCUT2D eigenvalue weighted by atomic mass is 9.96. The summed E-state index contributed by atoms with van der Waals surface area (Å²) in [5, 5.41) is 0. The maximum atomic E-state index is 12.2. The number of hydrogen-bond donors (Lipinski definition) is 0. The standard InChI is InChI=1S/C17H14O5/c1-2-21-16(19)14-9-5-6-10-15(14)22-17(20)13-8-4-3-7-12(13)11-18/h3-10,13H,2H2,1H3. The van der Waals surface area contributed by atoms with Gasteiger partial charge in [-0.25, -0.2) is 9.59 Å². The molecule has 0 aromatic heterocycles. The second-order valence-electron chi connectivity index (χ2n) is 4.42. The lowest BCUT2D eigenvalue weighted by molar-refractivity contribution is -0.136. The highest BCUT2D eigenvalue weighted by atomic mass is 16.5. The van der Waals surface area contributed by atoms with E-state index in [0.717, 1.165) is 0 Å². The predicted molar refractivity (Wildman–Crippen MR) is 79.0 cm³/mol. The molecule has 0 N–H and O–H groups in total. The molecule has 0 amide bonds. The molecule has 0 bridgehead atoms. The second-order valence-corrected chi connectivity index (χ2v) is 4.42. The van der Waals surface area contributed by atoms with Crippen LogP contribution in [0.5, 0.6) is 5.75 Å². The van der Waals surface area contributed by atoms with E-state index >= 15 is 0 Å². The molecule has 0 fully saturated rings. The van der Waals surface area contributed by atoms with E-state index < -0.39 is 17.9 Å². The summed E-state index contributed by atoms with van der Waals surface area (Å²) in [4.78, 5) is 34.9. The molecule has 0 radical (unpaired) electrons. The number of carbonyl (C=O) groups excluding carboxylic acids is 3.